The van der Waals surface area contributed by atoms with E-state index in [4.69, 9.17) is 27.2 Å². The number of nitrogens with two attached hydrogens (primary N) is 1. The molecule has 0 radical (unpaired) electrons. The van der Waals surface area contributed by atoms with Crippen LogP contribution < -0.4 is 11.4 Å². The maximum absolute atomic E-state index is 14.0. The van der Waals surface area contributed by atoms with Crippen LogP contribution in [0.25, 0.3) is 0 Å². The minimum Gasteiger partial charge on any atom is -0.393 e. The number of alkyl halides is 3. The Labute approximate surface area is 120 Å². The van der Waals surface area contributed by atoms with Crippen molar-refractivity contribution in [1.82, 2.24) is 9.55 Å². The topological polar surface area (TPSA) is 111 Å². The quantitative estimate of drug-likeness (QED) is 0.702. The van der Waals surface area contributed by atoms with E-state index < -0.39 is 42.8 Å². The van der Waals surface area contributed by atoms with Gasteiger partial charge in [0.1, 0.15) is 11.9 Å². The van der Waals surface area contributed by atoms with Crippen molar-refractivity contribution in [2.75, 3.05) is 12.3 Å². The number of aliphatic hydroxyl groups is 2. The lowest BCUT2D eigenvalue weighted by atomic mass is 9.97. The Hall–Kier alpha value is -1.36. The summed E-state index contributed by atoms with van der Waals surface area (Å²) in [5.41, 5.74) is 1.34. The SMILES string of the molecule is Nc1nc(=O)n([C@@H]2O[C@@](CO)(C(F)F)[C@@H](O)[C@H]2F)cc1Cl. The third kappa shape index (κ3) is 2.37. The van der Waals surface area contributed by atoms with E-state index in [0.29, 0.717) is 4.57 Å². The average molecular weight is 330 g/mol. The predicted octanol–water partition coefficient (Wildman–Crippen LogP) is -0.297. The predicted molar refractivity (Wildman–Crippen MR) is 64.8 cm³/mol. The summed E-state index contributed by atoms with van der Waals surface area (Å²) in [5, 5.41) is 18.4. The molecule has 4 atom stereocenters. The fraction of sp³-hybridized carbons (Fsp3) is 0.600. The summed E-state index contributed by atoms with van der Waals surface area (Å²) in [7, 11) is 0. The second-order valence-corrected chi connectivity index (χ2v) is 4.88. The van der Waals surface area contributed by atoms with Gasteiger partial charge in [-0.05, 0) is 0 Å². The van der Waals surface area contributed by atoms with Crippen LogP contribution in [0.4, 0.5) is 19.0 Å². The second-order valence-electron chi connectivity index (χ2n) is 4.48. The molecule has 2 rings (SSSR count). The molecule has 0 saturated carbocycles. The fourth-order valence-electron chi connectivity index (χ4n) is 2.02. The molecule has 1 aromatic rings. The van der Waals surface area contributed by atoms with Crippen LogP contribution in [0.15, 0.2) is 11.0 Å². The van der Waals surface area contributed by atoms with Gasteiger partial charge in [0.05, 0.1) is 11.6 Å². The highest BCUT2D eigenvalue weighted by Crippen LogP contribution is 2.42. The van der Waals surface area contributed by atoms with Crippen molar-refractivity contribution < 1.29 is 28.1 Å². The lowest BCUT2D eigenvalue weighted by Gasteiger charge is -2.28. The smallest absolute Gasteiger partial charge is 0.351 e. The van der Waals surface area contributed by atoms with Crippen molar-refractivity contribution in [1.29, 1.82) is 0 Å². The van der Waals surface area contributed by atoms with Gasteiger partial charge in [0.2, 0.25) is 0 Å². The highest BCUT2D eigenvalue weighted by molar-refractivity contribution is 6.32. The summed E-state index contributed by atoms with van der Waals surface area (Å²) in [5.74, 6) is -0.325. The van der Waals surface area contributed by atoms with Crippen molar-refractivity contribution in [2.24, 2.45) is 0 Å². The minimum absolute atomic E-state index is 0.224. The number of nitrogen functional groups attached to an aromatic ring is 1. The van der Waals surface area contributed by atoms with Crippen molar-refractivity contribution in [3.8, 4) is 0 Å². The molecule has 7 nitrogen and oxygen atoms in total. The van der Waals surface area contributed by atoms with E-state index >= 15 is 0 Å². The number of hydrogen-bond acceptors (Lipinski definition) is 6. The molecule has 2 heterocycles. The van der Waals surface area contributed by atoms with E-state index in [1.165, 1.54) is 0 Å². The number of nitrogens with zero attached hydrogens (tertiary/aromatic N) is 2. The molecular weight excluding hydrogens is 319 g/mol. The Balaban J connectivity index is 2.47. The molecule has 1 saturated heterocycles. The summed E-state index contributed by atoms with van der Waals surface area (Å²) in [6, 6.07) is 0. The molecule has 118 valence electrons. The molecule has 1 aliphatic heterocycles. The summed E-state index contributed by atoms with van der Waals surface area (Å²) < 4.78 is 45.3. The van der Waals surface area contributed by atoms with Crippen LogP contribution in [0.1, 0.15) is 6.23 Å². The summed E-state index contributed by atoms with van der Waals surface area (Å²) in [6.07, 6.45) is -9.18. The number of hydrogen-bond donors (Lipinski definition) is 3. The van der Waals surface area contributed by atoms with Gasteiger partial charge in [-0.3, -0.25) is 4.57 Å². The van der Waals surface area contributed by atoms with Gasteiger partial charge in [-0.1, -0.05) is 11.6 Å². The molecule has 4 N–H and O–H groups in total. The molecular formula is C10H11ClF3N3O4. The molecule has 21 heavy (non-hydrogen) atoms. The molecule has 0 bridgehead atoms. The average Bonchev–Trinajstić information content (AvgIpc) is 2.68. The van der Waals surface area contributed by atoms with Crippen molar-refractivity contribution >= 4 is 17.4 Å². The number of halogens is 4. The van der Waals surface area contributed by atoms with Crippen LogP contribution >= 0.6 is 11.6 Å². The molecule has 1 fully saturated rings. The van der Waals surface area contributed by atoms with Crippen molar-refractivity contribution in [3.05, 3.63) is 21.7 Å². The standard InChI is InChI=1S/C10H11ClF3N3O4/c11-3-1-17(9(20)16-6(3)15)7-4(12)5(19)10(2-18,21-7)8(13)14/h1,4-5,7-8,18-19H,2H2,(H2,15,16,20)/t4-,5+,7-,10-/m1/s1. The van der Waals surface area contributed by atoms with E-state index in [1.54, 1.807) is 0 Å². The van der Waals surface area contributed by atoms with Crippen LogP contribution in [-0.2, 0) is 4.74 Å². The van der Waals surface area contributed by atoms with Gasteiger partial charge in [0.15, 0.2) is 18.0 Å². The third-order valence-corrected chi connectivity index (χ3v) is 3.53. The van der Waals surface area contributed by atoms with E-state index in [2.05, 4.69) is 4.98 Å². The Morgan fingerprint density at radius 2 is 2.24 bits per heavy atom. The Bertz CT molecular complexity index is 601. The number of aliphatic hydroxyl groups excluding tert-OH is 2. The maximum atomic E-state index is 14.0. The fourth-order valence-corrected chi connectivity index (χ4v) is 2.16. The summed E-state index contributed by atoms with van der Waals surface area (Å²) >= 11 is 5.63. The molecule has 0 spiro atoms. The molecule has 1 aromatic heterocycles. The van der Waals surface area contributed by atoms with Gasteiger partial charge in [-0.15, -0.1) is 0 Å². The van der Waals surface area contributed by atoms with Gasteiger partial charge in [-0.2, -0.15) is 4.98 Å². The van der Waals surface area contributed by atoms with E-state index in [9.17, 15) is 23.1 Å². The highest BCUT2D eigenvalue weighted by atomic mass is 35.5. The largest absolute Gasteiger partial charge is 0.393 e. The van der Waals surface area contributed by atoms with Crippen molar-refractivity contribution in [2.45, 2.75) is 30.5 Å². The first-order valence-electron chi connectivity index (χ1n) is 5.67. The van der Waals surface area contributed by atoms with Gasteiger partial charge in [-0.25, -0.2) is 18.0 Å². The second kappa shape index (κ2) is 5.44. The van der Waals surface area contributed by atoms with Gasteiger partial charge < -0.3 is 20.7 Å². The number of rotatable bonds is 3. The zero-order valence-electron chi connectivity index (χ0n) is 10.3. The lowest BCUT2D eigenvalue weighted by Crippen LogP contribution is -2.51. The van der Waals surface area contributed by atoms with E-state index in [-0.39, 0.29) is 10.8 Å². The monoisotopic (exact) mass is 329 g/mol. The maximum Gasteiger partial charge on any atom is 0.351 e. The minimum atomic E-state index is -3.38. The number of anilines is 1. The van der Waals surface area contributed by atoms with E-state index in [1.807, 2.05) is 0 Å². The number of aromatic nitrogens is 2. The van der Waals surface area contributed by atoms with Gasteiger partial charge in [0, 0.05) is 6.20 Å². The lowest BCUT2D eigenvalue weighted by molar-refractivity contribution is -0.195. The van der Waals surface area contributed by atoms with Crippen LogP contribution in [0.2, 0.25) is 5.02 Å². The molecule has 11 heteroatoms. The van der Waals surface area contributed by atoms with Crippen LogP contribution in [-0.4, -0.2) is 50.7 Å². The normalized spacial score (nSPS) is 32.8. The van der Waals surface area contributed by atoms with Gasteiger partial charge in [0.25, 0.3) is 6.43 Å². The van der Waals surface area contributed by atoms with Crippen LogP contribution in [0.3, 0.4) is 0 Å². The van der Waals surface area contributed by atoms with E-state index in [0.717, 1.165) is 6.20 Å². The summed E-state index contributed by atoms with van der Waals surface area (Å²) in [4.78, 5) is 14.9. The third-order valence-electron chi connectivity index (χ3n) is 3.24. The Kier molecular flexibility index (Phi) is 4.15. The van der Waals surface area contributed by atoms with Crippen LogP contribution in [0, 0.1) is 0 Å². The first-order valence-corrected chi connectivity index (χ1v) is 6.05. The first-order chi connectivity index (χ1) is 9.74. The Morgan fingerprint density at radius 1 is 1.62 bits per heavy atom. The molecule has 0 aliphatic carbocycles. The zero-order chi connectivity index (χ0) is 15.9. The Morgan fingerprint density at radius 3 is 2.71 bits per heavy atom. The number of ether oxygens (including phenoxy) is 1. The molecule has 0 unspecified atom stereocenters. The molecule has 1 aliphatic rings. The molecule has 0 aromatic carbocycles. The highest BCUT2D eigenvalue weighted by Gasteiger charge is 2.61. The van der Waals surface area contributed by atoms with Crippen molar-refractivity contribution in [3.63, 3.8) is 0 Å². The van der Waals surface area contributed by atoms with Gasteiger partial charge >= 0.3 is 5.69 Å². The zero-order valence-corrected chi connectivity index (χ0v) is 11.0. The first kappa shape index (κ1) is 16.0. The summed E-state index contributed by atoms with van der Waals surface area (Å²) in [6.45, 7) is -1.34. The molecule has 0 amide bonds. The van der Waals surface area contributed by atoms with Crippen LogP contribution in [0.5, 0.6) is 0 Å².